The maximum Gasteiger partial charge on any atom is 0.221 e. The second-order valence-corrected chi connectivity index (χ2v) is 7.32. The van der Waals surface area contributed by atoms with Gasteiger partial charge in [-0.15, -0.1) is 0 Å². The van der Waals surface area contributed by atoms with E-state index in [4.69, 9.17) is 9.47 Å². The van der Waals surface area contributed by atoms with Crippen molar-refractivity contribution in [3.05, 3.63) is 24.3 Å². The molecule has 0 bridgehead atoms. The molecule has 2 rings (SSSR count). The van der Waals surface area contributed by atoms with Crippen LogP contribution in [-0.4, -0.2) is 75.4 Å². The first kappa shape index (κ1) is 22.0. The highest BCUT2D eigenvalue weighted by Crippen LogP contribution is 2.17. The zero-order valence-corrected chi connectivity index (χ0v) is 17.4. The van der Waals surface area contributed by atoms with Crippen LogP contribution in [0.5, 0.6) is 5.75 Å². The number of benzene rings is 1. The molecule has 1 aromatic rings. The van der Waals surface area contributed by atoms with E-state index in [1.165, 1.54) is 6.92 Å². The summed E-state index contributed by atoms with van der Waals surface area (Å²) >= 11 is 0. The number of ether oxygens (including phenoxy) is 2. The van der Waals surface area contributed by atoms with E-state index < -0.39 is 0 Å². The number of aliphatic imine (C=N–C) groups is 1. The molecular formula is C20H33N5O3. The van der Waals surface area contributed by atoms with Gasteiger partial charge in [-0.2, -0.15) is 0 Å². The summed E-state index contributed by atoms with van der Waals surface area (Å²) in [7, 11) is 1.76. The highest BCUT2D eigenvalue weighted by atomic mass is 16.5. The summed E-state index contributed by atoms with van der Waals surface area (Å²) in [6.07, 6.45) is 0. The first-order valence-electron chi connectivity index (χ1n) is 9.68. The first-order valence-corrected chi connectivity index (χ1v) is 9.68. The monoisotopic (exact) mass is 391 g/mol. The summed E-state index contributed by atoms with van der Waals surface area (Å²) in [6.45, 7) is 11.3. The number of guanidine groups is 1. The molecule has 0 saturated carbocycles. The lowest BCUT2D eigenvalue weighted by Gasteiger charge is -2.41. The number of hydrogen-bond acceptors (Lipinski definition) is 5. The fourth-order valence-electron chi connectivity index (χ4n) is 3.01. The predicted octanol–water partition coefficient (Wildman–Crippen LogP) is 1.30. The fraction of sp³-hybridized carbons (Fsp3) is 0.600. The van der Waals surface area contributed by atoms with Crippen LogP contribution in [0.4, 0.5) is 5.69 Å². The van der Waals surface area contributed by atoms with Gasteiger partial charge in [-0.3, -0.25) is 14.7 Å². The van der Waals surface area contributed by atoms with Crippen LogP contribution in [0, 0.1) is 0 Å². The molecule has 8 heteroatoms. The highest BCUT2D eigenvalue weighted by Gasteiger charge is 2.28. The summed E-state index contributed by atoms with van der Waals surface area (Å²) in [5.41, 5.74) is 0.739. The van der Waals surface area contributed by atoms with Gasteiger partial charge in [0.05, 0.1) is 19.8 Å². The van der Waals surface area contributed by atoms with E-state index in [-0.39, 0.29) is 11.4 Å². The molecule has 1 aliphatic rings. The maximum absolute atomic E-state index is 11.1. The van der Waals surface area contributed by atoms with Crippen LogP contribution < -0.4 is 20.7 Å². The third-order valence-corrected chi connectivity index (χ3v) is 4.60. The van der Waals surface area contributed by atoms with Crippen LogP contribution in [0.3, 0.4) is 0 Å². The van der Waals surface area contributed by atoms with Gasteiger partial charge in [-0.05, 0) is 26.0 Å². The maximum atomic E-state index is 11.1. The lowest BCUT2D eigenvalue weighted by molar-refractivity contribution is -0.114. The smallest absolute Gasteiger partial charge is 0.221 e. The third kappa shape index (κ3) is 7.36. The van der Waals surface area contributed by atoms with Gasteiger partial charge in [0.25, 0.3) is 0 Å². The van der Waals surface area contributed by atoms with E-state index in [0.29, 0.717) is 18.9 Å². The molecule has 0 atom stereocenters. The van der Waals surface area contributed by atoms with Gasteiger partial charge < -0.3 is 25.4 Å². The van der Waals surface area contributed by atoms with E-state index >= 15 is 0 Å². The second kappa shape index (κ2) is 10.9. The molecule has 1 amide bonds. The minimum atomic E-state index is -0.103. The molecule has 1 aromatic carbocycles. The standard InChI is InChI=1S/C20H33N5O3/c1-16(26)24-17-6-5-7-18(14-17)28-11-8-22-19(21-4)23-15-20(2,3)25-9-12-27-13-10-25/h5-7,14H,8-13,15H2,1-4H3,(H,24,26)(H2,21,22,23). The quantitative estimate of drug-likeness (QED) is 0.352. The number of hydrogen-bond donors (Lipinski definition) is 3. The average Bonchev–Trinajstić information content (AvgIpc) is 2.68. The van der Waals surface area contributed by atoms with Crippen LogP contribution in [0.1, 0.15) is 20.8 Å². The highest BCUT2D eigenvalue weighted by molar-refractivity contribution is 5.88. The van der Waals surface area contributed by atoms with Crippen LogP contribution in [0.25, 0.3) is 0 Å². The normalized spacial score (nSPS) is 15.8. The lowest BCUT2D eigenvalue weighted by Crippen LogP contribution is -2.56. The average molecular weight is 392 g/mol. The molecule has 0 spiro atoms. The first-order chi connectivity index (χ1) is 13.4. The number of nitrogens with one attached hydrogen (secondary N) is 3. The zero-order valence-electron chi connectivity index (χ0n) is 17.4. The fourth-order valence-corrected chi connectivity index (χ4v) is 3.01. The van der Waals surface area contributed by atoms with E-state index in [1.54, 1.807) is 13.1 Å². The van der Waals surface area contributed by atoms with Crippen molar-refractivity contribution in [2.75, 3.05) is 58.4 Å². The Morgan fingerprint density at radius 3 is 2.71 bits per heavy atom. The van der Waals surface area contributed by atoms with Crippen molar-refractivity contribution in [1.29, 1.82) is 0 Å². The number of nitrogens with zero attached hydrogens (tertiary/aromatic N) is 2. The van der Waals surface area contributed by atoms with Gasteiger partial charge in [-0.25, -0.2) is 0 Å². The van der Waals surface area contributed by atoms with E-state index in [9.17, 15) is 4.79 Å². The Morgan fingerprint density at radius 2 is 2.04 bits per heavy atom. The molecule has 1 saturated heterocycles. The SMILES string of the molecule is CN=C(NCCOc1cccc(NC(C)=O)c1)NCC(C)(C)N1CCOCC1. The predicted molar refractivity (Wildman–Crippen MR) is 112 cm³/mol. The van der Waals surface area contributed by atoms with Gasteiger partial charge in [0.2, 0.25) is 5.91 Å². The molecule has 28 heavy (non-hydrogen) atoms. The summed E-state index contributed by atoms with van der Waals surface area (Å²) < 4.78 is 11.2. The zero-order chi connectivity index (χ0) is 20.4. The molecule has 1 aliphatic heterocycles. The van der Waals surface area contributed by atoms with Crippen LogP contribution in [0.2, 0.25) is 0 Å². The molecule has 0 aromatic heterocycles. The van der Waals surface area contributed by atoms with E-state index in [1.807, 2.05) is 18.2 Å². The number of rotatable bonds is 8. The van der Waals surface area contributed by atoms with Crippen molar-refractivity contribution >= 4 is 17.6 Å². The molecule has 0 radical (unpaired) electrons. The topological polar surface area (TPSA) is 87.2 Å². The van der Waals surface area contributed by atoms with E-state index in [0.717, 1.165) is 44.5 Å². The van der Waals surface area contributed by atoms with Crippen molar-refractivity contribution in [1.82, 2.24) is 15.5 Å². The largest absolute Gasteiger partial charge is 0.492 e. The van der Waals surface area contributed by atoms with Gasteiger partial charge in [-0.1, -0.05) is 6.07 Å². The van der Waals surface area contributed by atoms with Crippen molar-refractivity contribution in [2.24, 2.45) is 4.99 Å². The number of carbonyl (C=O) groups excluding carboxylic acids is 1. The molecule has 3 N–H and O–H groups in total. The Kier molecular flexibility index (Phi) is 8.53. The second-order valence-electron chi connectivity index (χ2n) is 7.32. The third-order valence-electron chi connectivity index (χ3n) is 4.60. The number of amides is 1. The molecule has 1 heterocycles. The Balaban J connectivity index is 1.71. The van der Waals surface area contributed by atoms with Crippen LogP contribution >= 0.6 is 0 Å². The molecule has 1 fully saturated rings. The van der Waals surface area contributed by atoms with Gasteiger partial charge >= 0.3 is 0 Å². The van der Waals surface area contributed by atoms with E-state index in [2.05, 4.69) is 39.7 Å². The van der Waals surface area contributed by atoms with Crippen LogP contribution in [0.15, 0.2) is 29.3 Å². The number of carbonyl (C=O) groups is 1. The Bertz CT molecular complexity index is 657. The van der Waals surface area contributed by atoms with Gasteiger partial charge in [0.15, 0.2) is 5.96 Å². The van der Waals surface area contributed by atoms with Crippen molar-refractivity contribution < 1.29 is 14.3 Å². The Hall–Kier alpha value is -2.32. The minimum Gasteiger partial charge on any atom is -0.492 e. The molecule has 0 aliphatic carbocycles. The lowest BCUT2D eigenvalue weighted by atomic mass is 10.0. The van der Waals surface area contributed by atoms with Gasteiger partial charge in [0.1, 0.15) is 12.4 Å². The van der Waals surface area contributed by atoms with Crippen molar-refractivity contribution in [2.45, 2.75) is 26.3 Å². The molecular weight excluding hydrogens is 358 g/mol. The summed E-state index contributed by atoms with van der Waals surface area (Å²) in [6, 6.07) is 7.35. The van der Waals surface area contributed by atoms with Crippen molar-refractivity contribution in [3.63, 3.8) is 0 Å². The molecule has 0 unspecified atom stereocenters. The van der Waals surface area contributed by atoms with Crippen LogP contribution in [-0.2, 0) is 9.53 Å². The van der Waals surface area contributed by atoms with Gasteiger partial charge in [0, 0.05) is 50.9 Å². The summed E-state index contributed by atoms with van der Waals surface area (Å²) in [4.78, 5) is 17.8. The van der Waals surface area contributed by atoms with Crippen molar-refractivity contribution in [3.8, 4) is 5.75 Å². The molecule has 8 nitrogen and oxygen atoms in total. The number of anilines is 1. The number of morpholine rings is 1. The minimum absolute atomic E-state index is 0.0159. The summed E-state index contributed by atoms with van der Waals surface area (Å²) in [5, 5.41) is 9.40. The Morgan fingerprint density at radius 1 is 1.29 bits per heavy atom. The Labute approximate surface area is 167 Å². The summed E-state index contributed by atoms with van der Waals surface area (Å²) in [5.74, 6) is 1.36. The molecule has 156 valence electrons.